The van der Waals surface area contributed by atoms with Gasteiger partial charge in [-0.15, -0.1) is 0 Å². The number of allylic oxidation sites excluding steroid dienone is 5. The second-order valence-electron chi connectivity index (χ2n) is 7.79. The molecule has 6 heteroatoms. The predicted molar refractivity (Wildman–Crippen MR) is 147 cm³/mol. The predicted octanol–water partition coefficient (Wildman–Crippen LogP) is 5.11. The third-order valence-corrected chi connectivity index (χ3v) is 5.27. The Labute approximate surface area is 204 Å². The summed E-state index contributed by atoms with van der Waals surface area (Å²) in [4.78, 5) is 6.94. The van der Waals surface area contributed by atoms with Gasteiger partial charge < -0.3 is 20.3 Å². The van der Waals surface area contributed by atoms with Crippen molar-refractivity contribution < 1.29 is 4.74 Å². The highest BCUT2D eigenvalue weighted by Crippen LogP contribution is 2.20. The molecule has 0 radical (unpaired) electrons. The third-order valence-electron chi connectivity index (χ3n) is 5.04. The molecule has 1 aromatic rings. The molecule has 1 heterocycles. The van der Waals surface area contributed by atoms with Gasteiger partial charge in [0.2, 0.25) is 0 Å². The molecule has 2 N–H and O–H groups in total. The number of aliphatic imine (C=N–C) groups is 1. The van der Waals surface area contributed by atoms with Crippen molar-refractivity contribution in [3.05, 3.63) is 97.0 Å². The molecule has 0 spiro atoms. The second kappa shape index (κ2) is 13.6. The normalized spacial score (nSPS) is 14.8. The Balaban J connectivity index is 1.91. The lowest BCUT2D eigenvalue weighted by atomic mass is 10.1. The average molecular weight is 465 g/mol. The maximum Gasteiger partial charge on any atom is 0.0642 e. The average Bonchev–Trinajstić information content (AvgIpc) is 2.81. The molecule has 0 aromatic heterocycles. The number of rotatable bonds is 12. The van der Waals surface area contributed by atoms with Crippen molar-refractivity contribution in [1.82, 2.24) is 10.6 Å². The van der Waals surface area contributed by atoms with Crippen LogP contribution in [0.2, 0.25) is 0 Å². The minimum atomic E-state index is 0.719. The van der Waals surface area contributed by atoms with Gasteiger partial charge in [-0.05, 0) is 49.3 Å². The van der Waals surface area contributed by atoms with Gasteiger partial charge in [0.05, 0.1) is 13.2 Å². The van der Waals surface area contributed by atoms with Crippen LogP contribution in [0.15, 0.2) is 96.5 Å². The number of morpholine rings is 1. The highest BCUT2D eigenvalue weighted by Gasteiger charge is 2.11. The molecular formula is C27H36N4OS. The van der Waals surface area contributed by atoms with Crippen LogP contribution in [0.4, 0.5) is 5.69 Å². The van der Waals surface area contributed by atoms with E-state index in [0.29, 0.717) is 0 Å². The van der Waals surface area contributed by atoms with Crippen molar-refractivity contribution in [2.45, 2.75) is 13.8 Å². The second-order valence-corrected chi connectivity index (χ2v) is 8.24. The van der Waals surface area contributed by atoms with E-state index in [2.05, 4.69) is 83.7 Å². The smallest absolute Gasteiger partial charge is 0.0642 e. The summed E-state index contributed by atoms with van der Waals surface area (Å²) in [5.74, 6) is 0.752. The molecule has 1 fully saturated rings. The van der Waals surface area contributed by atoms with E-state index in [4.69, 9.17) is 4.74 Å². The number of nitrogens with zero attached hydrogens (tertiary/aromatic N) is 2. The molecule has 0 atom stereocenters. The van der Waals surface area contributed by atoms with Crippen molar-refractivity contribution >= 4 is 29.7 Å². The number of nitrogens with one attached hydrogen (secondary N) is 2. The topological polar surface area (TPSA) is 48.9 Å². The first kappa shape index (κ1) is 26.3. The number of anilines is 1. The molecule has 0 saturated carbocycles. The molecule has 176 valence electrons. The Bertz CT molecular complexity index is 951. The zero-order valence-corrected chi connectivity index (χ0v) is 20.8. The summed E-state index contributed by atoms with van der Waals surface area (Å²) in [5, 5.41) is 6.42. The lowest BCUT2D eigenvalue weighted by Crippen LogP contribution is -2.36. The Morgan fingerprint density at radius 1 is 1.06 bits per heavy atom. The van der Waals surface area contributed by atoms with E-state index in [1.165, 1.54) is 5.69 Å². The van der Waals surface area contributed by atoms with Crippen molar-refractivity contribution in [1.29, 1.82) is 0 Å². The third kappa shape index (κ3) is 9.20. The highest BCUT2D eigenvalue weighted by molar-refractivity contribution is 7.80. The van der Waals surface area contributed by atoms with Gasteiger partial charge in [0, 0.05) is 59.6 Å². The van der Waals surface area contributed by atoms with Crippen LogP contribution in [0, 0.1) is 0 Å². The van der Waals surface area contributed by atoms with Crippen molar-refractivity contribution in [2.24, 2.45) is 4.99 Å². The number of hydrogen-bond acceptors (Lipinski definition) is 6. The molecule has 0 unspecified atom stereocenters. The molecule has 2 rings (SSSR count). The minimum absolute atomic E-state index is 0.719. The van der Waals surface area contributed by atoms with Crippen LogP contribution >= 0.6 is 12.6 Å². The van der Waals surface area contributed by atoms with Gasteiger partial charge in [0.25, 0.3) is 0 Å². The lowest BCUT2D eigenvalue weighted by molar-refractivity contribution is 0.122. The Morgan fingerprint density at radius 3 is 2.36 bits per heavy atom. The maximum atomic E-state index is 5.42. The molecule has 5 nitrogen and oxygen atoms in total. The van der Waals surface area contributed by atoms with Gasteiger partial charge >= 0.3 is 0 Å². The standard InChI is InChI=1S/C27H36N4OS/c1-20(7-8-21(2)28-13-18-33)24(5)29-22(3)19-23(4)30-25(6)26-9-11-27(12-10-26)31-14-16-32-17-15-31/h7-12,19,28,30,33H,1-2,4,6,13-18H2,3,5H3/b8-7-,22-19+,29-24+. The van der Waals surface area contributed by atoms with Crippen LogP contribution < -0.4 is 15.5 Å². The van der Waals surface area contributed by atoms with E-state index in [-0.39, 0.29) is 0 Å². The summed E-state index contributed by atoms with van der Waals surface area (Å²) in [5.41, 5.74) is 7.01. The van der Waals surface area contributed by atoms with Crippen LogP contribution in [0.25, 0.3) is 5.70 Å². The number of benzene rings is 1. The van der Waals surface area contributed by atoms with Crippen molar-refractivity contribution in [3.8, 4) is 0 Å². The van der Waals surface area contributed by atoms with Crippen molar-refractivity contribution in [3.63, 3.8) is 0 Å². The minimum Gasteiger partial charge on any atom is -0.385 e. The first-order valence-electron chi connectivity index (χ1n) is 11.0. The van der Waals surface area contributed by atoms with Gasteiger partial charge in [-0.3, -0.25) is 4.99 Å². The van der Waals surface area contributed by atoms with Gasteiger partial charge in [0.15, 0.2) is 0 Å². The van der Waals surface area contributed by atoms with Gasteiger partial charge in [0.1, 0.15) is 0 Å². The SMILES string of the molecule is C=C(/C=C\C(=C)/C(C)=N/C(C)=C/C(=C)NC(=C)c1ccc(N2CCOCC2)cc1)NCCS. The fraction of sp³-hybridized carbons (Fsp3) is 0.296. The molecular weight excluding hydrogens is 428 g/mol. The largest absolute Gasteiger partial charge is 0.385 e. The van der Waals surface area contributed by atoms with Crippen LogP contribution in [0.3, 0.4) is 0 Å². The fourth-order valence-corrected chi connectivity index (χ4v) is 3.33. The zero-order chi connectivity index (χ0) is 24.2. The van der Waals surface area contributed by atoms with Gasteiger partial charge in [-0.2, -0.15) is 12.6 Å². The molecule has 1 aromatic carbocycles. The molecule has 1 saturated heterocycles. The Kier molecular flexibility index (Phi) is 10.8. The van der Waals surface area contributed by atoms with Gasteiger partial charge in [-0.1, -0.05) is 44.5 Å². The maximum absolute atomic E-state index is 5.42. The summed E-state index contributed by atoms with van der Waals surface area (Å²) >= 11 is 4.17. The molecule has 33 heavy (non-hydrogen) atoms. The first-order valence-corrected chi connectivity index (χ1v) is 11.7. The summed E-state index contributed by atoms with van der Waals surface area (Å²) in [7, 11) is 0. The lowest BCUT2D eigenvalue weighted by Gasteiger charge is -2.29. The van der Waals surface area contributed by atoms with E-state index < -0.39 is 0 Å². The molecule has 1 aliphatic rings. The fourth-order valence-electron chi connectivity index (χ4n) is 3.21. The highest BCUT2D eigenvalue weighted by atomic mass is 32.1. The van der Waals surface area contributed by atoms with Crippen LogP contribution in [-0.2, 0) is 4.74 Å². The first-order chi connectivity index (χ1) is 15.8. The monoisotopic (exact) mass is 464 g/mol. The van der Waals surface area contributed by atoms with E-state index in [0.717, 1.165) is 78.2 Å². The summed E-state index contributed by atoms with van der Waals surface area (Å²) in [6.07, 6.45) is 5.68. The zero-order valence-electron chi connectivity index (χ0n) is 19.9. The summed E-state index contributed by atoms with van der Waals surface area (Å²) in [6, 6.07) is 8.38. The Hall–Kier alpha value is -2.96. The van der Waals surface area contributed by atoms with Crippen LogP contribution in [0.5, 0.6) is 0 Å². The summed E-state index contributed by atoms with van der Waals surface area (Å²) in [6.45, 7) is 24.3. The van der Waals surface area contributed by atoms with E-state index in [9.17, 15) is 0 Å². The Morgan fingerprint density at radius 2 is 1.73 bits per heavy atom. The quantitative estimate of drug-likeness (QED) is 0.229. The molecule has 0 bridgehead atoms. The number of hydrogen-bond donors (Lipinski definition) is 3. The van der Waals surface area contributed by atoms with E-state index >= 15 is 0 Å². The van der Waals surface area contributed by atoms with Crippen molar-refractivity contribution in [2.75, 3.05) is 43.5 Å². The van der Waals surface area contributed by atoms with E-state index in [1.807, 2.05) is 32.1 Å². The van der Waals surface area contributed by atoms with Crippen LogP contribution in [-0.4, -0.2) is 44.3 Å². The molecule has 0 aliphatic carbocycles. The van der Waals surface area contributed by atoms with E-state index in [1.54, 1.807) is 0 Å². The summed E-state index contributed by atoms with van der Waals surface area (Å²) < 4.78 is 5.42. The molecule has 0 amide bonds. The molecule has 1 aliphatic heterocycles. The van der Waals surface area contributed by atoms with Crippen LogP contribution in [0.1, 0.15) is 19.4 Å². The van der Waals surface area contributed by atoms with Gasteiger partial charge in [-0.25, -0.2) is 0 Å². The number of ether oxygens (including phenoxy) is 1. The number of thiol groups is 1.